The number of nitriles is 1. The molecule has 0 bridgehead atoms. The van der Waals surface area contributed by atoms with Gasteiger partial charge in [-0.25, -0.2) is 0 Å². The number of aliphatic hydroxyl groups is 1. The summed E-state index contributed by atoms with van der Waals surface area (Å²) in [5.74, 6) is 0. The number of anilines is 1. The van der Waals surface area contributed by atoms with Crippen LogP contribution >= 0.6 is 0 Å². The van der Waals surface area contributed by atoms with Gasteiger partial charge in [0.25, 0.3) is 0 Å². The van der Waals surface area contributed by atoms with Gasteiger partial charge in [0, 0.05) is 11.4 Å². The Labute approximate surface area is 170 Å². The summed E-state index contributed by atoms with van der Waals surface area (Å²) in [6.07, 6.45) is 6.05. The Kier molecular flexibility index (Phi) is 5.28. The van der Waals surface area contributed by atoms with Gasteiger partial charge in [0.2, 0.25) is 0 Å². The van der Waals surface area contributed by atoms with Crippen molar-refractivity contribution in [1.82, 2.24) is 10.2 Å². The van der Waals surface area contributed by atoms with Gasteiger partial charge in [-0.3, -0.25) is 0 Å². The van der Waals surface area contributed by atoms with Crippen molar-refractivity contribution in [1.29, 1.82) is 5.26 Å². The third-order valence-electron chi connectivity index (χ3n) is 5.73. The SMILES string of the molecule is Cc1c(C#N)cccc1[C@@H](C)Nc1cnnc2ccc(C3=CCC(O)CC3)cc12. The molecule has 2 N–H and O–H groups in total. The molecule has 146 valence electrons. The van der Waals surface area contributed by atoms with Gasteiger partial charge < -0.3 is 10.4 Å². The Hall–Kier alpha value is -3.23. The summed E-state index contributed by atoms with van der Waals surface area (Å²) in [6, 6.07) is 14.3. The van der Waals surface area contributed by atoms with Crippen molar-refractivity contribution >= 4 is 22.2 Å². The average molecular weight is 384 g/mol. The standard InChI is InChI=1S/C24H24N4O/c1-15-19(13-25)4-3-5-21(15)16(2)27-24-14-26-28-23-11-8-18(12-22(23)24)17-6-9-20(29)10-7-17/h3-6,8,11-12,14,16,20,29H,7,9-10H2,1-2H3,(H,27,28)/t16-,20?/m1/s1. The van der Waals surface area contributed by atoms with Gasteiger partial charge in [0.1, 0.15) is 0 Å². The largest absolute Gasteiger partial charge is 0.393 e. The molecule has 1 aliphatic rings. The van der Waals surface area contributed by atoms with Gasteiger partial charge in [-0.2, -0.15) is 15.5 Å². The quantitative estimate of drug-likeness (QED) is 0.668. The summed E-state index contributed by atoms with van der Waals surface area (Å²) in [7, 11) is 0. The van der Waals surface area contributed by atoms with Gasteiger partial charge in [-0.1, -0.05) is 24.3 Å². The van der Waals surface area contributed by atoms with E-state index in [0.29, 0.717) is 12.0 Å². The van der Waals surface area contributed by atoms with Gasteiger partial charge >= 0.3 is 0 Å². The molecular weight excluding hydrogens is 360 g/mol. The van der Waals surface area contributed by atoms with Crippen molar-refractivity contribution < 1.29 is 5.11 Å². The van der Waals surface area contributed by atoms with Crippen molar-refractivity contribution in [2.75, 3.05) is 5.32 Å². The molecular formula is C24H24N4O. The monoisotopic (exact) mass is 384 g/mol. The molecule has 4 rings (SSSR count). The second kappa shape index (κ2) is 8.02. The number of hydrogen-bond acceptors (Lipinski definition) is 5. The molecule has 2 atom stereocenters. The lowest BCUT2D eigenvalue weighted by atomic mass is 9.91. The first-order valence-corrected chi connectivity index (χ1v) is 9.96. The van der Waals surface area contributed by atoms with Crippen LogP contribution in [0.4, 0.5) is 5.69 Å². The first-order valence-electron chi connectivity index (χ1n) is 9.96. The van der Waals surface area contributed by atoms with E-state index in [9.17, 15) is 10.4 Å². The maximum Gasteiger partial charge on any atom is 0.0994 e. The van der Waals surface area contributed by atoms with Crippen molar-refractivity contribution in [2.45, 2.75) is 45.3 Å². The normalized spacial score (nSPS) is 17.4. The number of fused-ring (bicyclic) bond motifs is 1. The molecule has 1 unspecified atom stereocenters. The molecule has 0 saturated heterocycles. The van der Waals surface area contributed by atoms with E-state index in [0.717, 1.165) is 46.1 Å². The highest BCUT2D eigenvalue weighted by molar-refractivity contribution is 5.93. The molecule has 1 aliphatic carbocycles. The third kappa shape index (κ3) is 3.85. The summed E-state index contributed by atoms with van der Waals surface area (Å²) < 4.78 is 0. The fourth-order valence-corrected chi connectivity index (χ4v) is 4.01. The van der Waals surface area contributed by atoms with E-state index in [-0.39, 0.29) is 12.1 Å². The fraction of sp³-hybridized carbons (Fsp3) is 0.292. The minimum absolute atomic E-state index is 0.0170. The van der Waals surface area contributed by atoms with Gasteiger partial charge in [-0.15, -0.1) is 0 Å². The number of nitrogens with one attached hydrogen (secondary N) is 1. The van der Waals surface area contributed by atoms with Crippen molar-refractivity contribution in [3.63, 3.8) is 0 Å². The molecule has 0 saturated carbocycles. The van der Waals surface area contributed by atoms with Crippen molar-refractivity contribution in [3.05, 3.63) is 70.9 Å². The fourth-order valence-electron chi connectivity index (χ4n) is 4.01. The van der Waals surface area contributed by atoms with Crippen LogP contribution in [0, 0.1) is 18.3 Å². The van der Waals surface area contributed by atoms with E-state index in [1.54, 1.807) is 6.20 Å². The Bertz CT molecular complexity index is 1130. The first-order chi connectivity index (χ1) is 14.1. The Balaban J connectivity index is 1.69. The van der Waals surface area contributed by atoms with Crippen LogP contribution in [0.25, 0.3) is 16.5 Å². The van der Waals surface area contributed by atoms with Crippen LogP contribution in [-0.4, -0.2) is 21.4 Å². The van der Waals surface area contributed by atoms with E-state index in [1.165, 1.54) is 5.57 Å². The van der Waals surface area contributed by atoms with Crippen LogP contribution in [0.1, 0.15) is 54.5 Å². The third-order valence-corrected chi connectivity index (χ3v) is 5.73. The molecule has 0 radical (unpaired) electrons. The second-order valence-electron chi connectivity index (χ2n) is 7.65. The predicted molar refractivity (Wildman–Crippen MR) is 115 cm³/mol. The molecule has 0 fully saturated rings. The lowest BCUT2D eigenvalue weighted by Crippen LogP contribution is -2.10. The Morgan fingerprint density at radius 1 is 1.28 bits per heavy atom. The topological polar surface area (TPSA) is 81.8 Å². The lowest BCUT2D eigenvalue weighted by Gasteiger charge is -2.20. The minimum atomic E-state index is -0.226. The first kappa shape index (κ1) is 19.1. The van der Waals surface area contributed by atoms with Gasteiger partial charge in [0.15, 0.2) is 0 Å². The number of benzene rings is 2. The maximum absolute atomic E-state index is 9.76. The van der Waals surface area contributed by atoms with Gasteiger partial charge in [0.05, 0.1) is 35.1 Å². The van der Waals surface area contributed by atoms with Gasteiger partial charge in [-0.05, 0) is 73.6 Å². The molecule has 5 heteroatoms. The lowest BCUT2D eigenvalue weighted by molar-refractivity contribution is 0.166. The number of allylic oxidation sites excluding steroid dienone is 1. The molecule has 0 amide bonds. The molecule has 29 heavy (non-hydrogen) atoms. The molecule has 3 aromatic rings. The Morgan fingerprint density at radius 2 is 2.14 bits per heavy atom. The highest BCUT2D eigenvalue weighted by atomic mass is 16.3. The predicted octanol–water partition coefficient (Wildman–Crippen LogP) is 4.91. The summed E-state index contributed by atoms with van der Waals surface area (Å²) in [6.45, 7) is 4.07. The second-order valence-corrected chi connectivity index (χ2v) is 7.65. The van der Waals surface area contributed by atoms with Crippen LogP contribution in [0.5, 0.6) is 0 Å². The summed E-state index contributed by atoms with van der Waals surface area (Å²) in [5.41, 5.74) is 6.97. The number of aromatic nitrogens is 2. The number of aliphatic hydroxyl groups excluding tert-OH is 1. The number of nitrogens with zero attached hydrogens (tertiary/aromatic N) is 3. The van der Waals surface area contributed by atoms with E-state index in [4.69, 9.17) is 0 Å². The van der Waals surface area contributed by atoms with Crippen LogP contribution < -0.4 is 5.32 Å². The maximum atomic E-state index is 9.76. The van der Waals surface area contributed by atoms with E-state index in [2.05, 4.69) is 46.7 Å². The minimum Gasteiger partial charge on any atom is -0.393 e. The average Bonchev–Trinajstić information content (AvgIpc) is 2.74. The molecule has 1 aromatic heterocycles. The zero-order chi connectivity index (χ0) is 20.4. The molecule has 1 heterocycles. The van der Waals surface area contributed by atoms with E-state index >= 15 is 0 Å². The van der Waals surface area contributed by atoms with E-state index in [1.807, 2.05) is 31.2 Å². The summed E-state index contributed by atoms with van der Waals surface area (Å²) >= 11 is 0. The van der Waals surface area contributed by atoms with Crippen molar-refractivity contribution in [3.8, 4) is 6.07 Å². The van der Waals surface area contributed by atoms with Crippen LogP contribution in [0.15, 0.2) is 48.7 Å². The number of hydrogen-bond donors (Lipinski definition) is 2. The Morgan fingerprint density at radius 3 is 2.90 bits per heavy atom. The molecule has 5 nitrogen and oxygen atoms in total. The highest BCUT2D eigenvalue weighted by Gasteiger charge is 2.16. The smallest absolute Gasteiger partial charge is 0.0994 e. The zero-order valence-electron chi connectivity index (χ0n) is 16.7. The van der Waals surface area contributed by atoms with Crippen LogP contribution in [0.3, 0.4) is 0 Å². The van der Waals surface area contributed by atoms with Crippen molar-refractivity contribution in [2.24, 2.45) is 0 Å². The number of rotatable bonds is 4. The van der Waals surface area contributed by atoms with Crippen LogP contribution in [-0.2, 0) is 0 Å². The summed E-state index contributed by atoms with van der Waals surface area (Å²) in [4.78, 5) is 0. The highest BCUT2D eigenvalue weighted by Crippen LogP contribution is 2.32. The summed E-state index contributed by atoms with van der Waals surface area (Å²) in [5, 5.41) is 32.1. The molecule has 0 aliphatic heterocycles. The van der Waals surface area contributed by atoms with E-state index < -0.39 is 0 Å². The zero-order valence-corrected chi connectivity index (χ0v) is 16.7. The van der Waals surface area contributed by atoms with Crippen LogP contribution in [0.2, 0.25) is 0 Å². The molecule has 0 spiro atoms. The molecule has 2 aromatic carbocycles.